The van der Waals surface area contributed by atoms with Gasteiger partial charge in [0.15, 0.2) is 12.2 Å². The molecule has 0 N–H and O–H groups in total. The van der Waals surface area contributed by atoms with Crippen molar-refractivity contribution in [3.63, 3.8) is 0 Å². The SMILES string of the molecule is CC(=O)c1ccc2nc(CN3CC=C(c4cccc(OCc5ccc(Cl)cc5F)n4)CC3)c(Cc3cocn3)n2c1. The zero-order valence-corrected chi connectivity index (χ0v) is 23.1. The second-order valence-corrected chi connectivity index (χ2v) is 10.4. The highest BCUT2D eigenvalue weighted by molar-refractivity contribution is 6.30. The van der Waals surface area contributed by atoms with Crippen molar-refractivity contribution in [1.82, 2.24) is 24.3 Å². The van der Waals surface area contributed by atoms with Gasteiger partial charge in [-0.2, -0.15) is 0 Å². The van der Waals surface area contributed by atoms with E-state index in [1.165, 1.54) is 12.5 Å². The van der Waals surface area contributed by atoms with E-state index in [9.17, 15) is 9.18 Å². The largest absolute Gasteiger partial charge is 0.473 e. The molecule has 0 bridgehead atoms. The molecule has 1 aliphatic rings. The van der Waals surface area contributed by atoms with Crippen LogP contribution in [-0.2, 0) is 19.6 Å². The third-order valence-corrected chi connectivity index (χ3v) is 7.38. The van der Waals surface area contributed by atoms with Gasteiger partial charge in [0.25, 0.3) is 0 Å². The predicted molar refractivity (Wildman–Crippen MR) is 152 cm³/mol. The number of Topliss-reactive ketones (excluding diaryl/α,β-unsaturated/α-hetero) is 1. The minimum absolute atomic E-state index is 0.00320. The van der Waals surface area contributed by atoms with E-state index in [1.54, 1.807) is 37.5 Å². The van der Waals surface area contributed by atoms with E-state index in [2.05, 4.69) is 20.9 Å². The van der Waals surface area contributed by atoms with E-state index >= 15 is 0 Å². The van der Waals surface area contributed by atoms with Gasteiger partial charge in [-0.3, -0.25) is 9.69 Å². The molecule has 0 aliphatic carbocycles. The first-order valence-electron chi connectivity index (χ1n) is 13.3. The van der Waals surface area contributed by atoms with Crippen LogP contribution in [-0.4, -0.2) is 43.1 Å². The van der Waals surface area contributed by atoms with Gasteiger partial charge in [0.1, 0.15) is 24.3 Å². The lowest BCUT2D eigenvalue weighted by molar-refractivity contribution is 0.101. The van der Waals surface area contributed by atoms with Crippen LogP contribution in [0.5, 0.6) is 5.88 Å². The van der Waals surface area contributed by atoms with Gasteiger partial charge < -0.3 is 13.6 Å². The Hall–Kier alpha value is -4.34. The highest BCUT2D eigenvalue weighted by Gasteiger charge is 2.20. The number of carbonyl (C=O) groups is 1. The van der Waals surface area contributed by atoms with Gasteiger partial charge >= 0.3 is 0 Å². The summed E-state index contributed by atoms with van der Waals surface area (Å²) in [5.41, 5.74) is 6.53. The van der Waals surface area contributed by atoms with E-state index in [0.29, 0.717) is 35.0 Å². The Morgan fingerprint density at radius 1 is 1.17 bits per heavy atom. The van der Waals surface area contributed by atoms with E-state index in [-0.39, 0.29) is 12.4 Å². The van der Waals surface area contributed by atoms with Gasteiger partial charge in [-0.05, 0) is 49.2 Å². The summed E-state index contributed by atoms with van der Waals surface area (Å²) in [5.74, 6) is 0.0357. The van der Waals surface area contributed by atoms with E-state index in [1.807, 2.05) is 28.8 Å². The van der Waals surface area contributed by atoms with Crippen LogP contribution in [0.1, 0.15) is 52.0 Å². The molecule has 0 saturated carbocycles. The normalized spacial score (nSPS) is 13.9. The number of carbonyl (C=O) groups excluding carboxylic acids is 1. The number of benzene rings is 1. The molecule has 5 aromatic rings. The second-order valence-electron chi connectivity index (χ2n) is 9.96. The molecule has 41 heavy (non-hydrogen) atoms. The number of aromatic nitrogens is 4. The summed E-state index contributed by atoms with van der Waals surface area (Å²) in [5, 5.41) is 0.346. The average Bonchev–Trinajstić information content (AvgIpc) is 3.61. The van der Waals surface area contributed by atoms with Gasteiger partial charge in [-0.15, -0.1) is 0 Å². The number of nitrogens with zero attached hydrogens (tertiary/aromatic N) is 5. The maximum atomic E-state index is 14.1. The Balaban J connectivity index is 1.17. The standard InChI is InChI=1S/C31H27ClFN5O3/c1-20(39)22-6-8-30-35-28(29(38(30)15-22)14-25-18-40-19-34-25)16-37-11-9-21(10-12-37)27-3-2-4-31(36-27)41-17-23-5-7-24(32)13-26(23)33/h2-9,13,15,18-19H,10-12,14,16-17H2,1H3. The molecule has 1 aromatic carbocycles. The van der Waals surface area contributed by atoms with Gasteiger partial charge in [-0.25, -0.2) is 19.3 Å². The lowest BCUT2D eigenvalue weighted by Crippen LogP contribution is -2.28. The van der Waals surface area contributed by atoms with Crippen molar-refractivity contribution in [3.05, 3.63) is 118 Å². The fourth-order valence-corrected chi connectivity index (χ4v) is 5.08. The van der Waals surface area contributed by atoms with E-state index < -0.39 is 5.82 Å². The summed E-state index contributed by atoms with van der Waals surface area (Å²) < 4.78 is 27.1. The second kappa shape index (κ2) is 11.6. The fourth-order valence-electron chi connectivity index (χ4n) is 4.92. The van der Waals surface area contributed by atoms with Crippen LogP contribution in [0.25, 0.3) is 11.2 Å². The van der Waals surface area contributed by atoms with Crippen LogP contribution < -0.4 is 4.74 Å². The topological polar surface area (TPSA) is 85.8 Å². The number of ketones is 1. The molecule has 208 valence electrons. The number of rotatable bonds is 9. The molecular weight excluding hydrogens is 545 g/mol. The van der Waals surface area contributed by atoms with Gasteiger partial charge in [0.2, 0.25) is 5.88 Å². The molecule has 0 atom stereocenters. The van der Waals surface area contributed by atoms with E-state index in [0.717, 1.165) is 53.5 Å². The molecular formula is C31H27ClFN5O3. The number of pyridine rings is 2. The van der Waals surface area contributed by atoms with Crippen LogP contribution >= 0.6 is 11.6 Å². The lowest BCUT2D eigenvalue weighted by Gasteiger charge is -2.26. The Morgan fingerprint density at radius 3 is 2.83 bits per heavy atom. The molecule has 8 nitrogen and oxygen atoms in total. The molecule has 4 aromatic heterocycles. The molecule has 0 radical (unpaired) electrons. The first-order valence-corrected chi connectivity index (χ1v) is 13.6. The third kappa shape index (κ3) is 6.06. The molecule has 0 saturated heterocycles. The Labute approximate surface area is 241 Å². The quantitative estimate of drug-likeness (QED) is 0.196. The number of oxazole rings is 1. The number of fused-ring (bicyclic) bond motifs is 1. The third-order valence-electron chi connectivity index (χ3n) is 7.15. The van der Waals surface area contributed by atoms with Crippen molar-refractivity contribution in [1.29, 1.82) is 0 Å². The lowest BCUT2D eigenvalue weighted by atomic mass is 10.0. The summed E-state index contributed by atoms with van der Waals surface area (Å²) in [4.78, 5) is 28.2. The van der Waals surface area contributed by atoms with Crippen LogP contribution in [0.4, 0.5) is 4.39 Å². The number of halogens is 2. The zero-order chi connectivity index (χ0) is 28.3. The minimum Gasteiger partial charge on any atom is -0.473 e. The monoisotopic (exact) mass is 571 g/mol. The fraction of sp³-hybridized carbons (Fsp3) is 0.226. The Morgan fingerprint density at radius 2 is 2.07 bits per heavy atom. The van der Waals surface area contributed by atoms with Crippen molar-refractivity contribution < 1.29 is 18.3 Å². The van der Waals surface area contributed by atoms with Crippen molar-refractivity contribution >= 4 is 28.6 Å². The van der Waals surface area contributed by atoms with Crippen LogP contribution in [0.3, 0.4) is 0 Å². The first kappa shape index (κ1) is 26.9. The number of ether oxygens (including phenoxy) is 1. The van der Waals surface area contributed by atoms with Crippen molar-refractivity contribution in [2.24, 2.45) is 0 Å². The zero-order valence-electron chi connectivity index (χ0n) is 22.4. The average molecular weight is 572 g/mol. The molecule has 0 unspecified atom stereocenters. The molecule has 5 heterocycles. The number of imidazole rings is 1. The summed E-state index contributed by atoms with van der Waals surface area (Å²) in [6.45, 7) is 3.83. The predicted octanol–water partition coefficient (Wildman–Crippen LogP) is 6.17. The first-order chi connectivity index (χ1) is 19.9. The highest BCUT2D eigenvalue weighted by Crippen LogP contribution is 2.26. The molecule has 10 heteroatoms. The molecule has 0 amide bonds. The van der Waals surface area contributed by atoms with Crippen molar-refractivity contribution in [2.45, 2.75) is 32.9 Å². The van der Waals surface area contributed by atoms with Crippen LogP contribution in [0, 0.1) is 5.82 Å². The summed E-state index contributed by atoms with van der Waals surface area (Å²) in [7, 11) is 0. The maximum Gasteiger partial charge on any atom is 0.214 e. The van der Waals surface area contributed by atoms with Crippen molar-refractivity contribution in [3.8, 4) is 5.88 Å². The van der Waals surface area contributed by atoms with Gasteiger partial charge in [0.05, 0.1) is 22.8 Å². The summed E-state index contributed by atoms with van der Waals surface area (Å²) >= 11 is 5.84. The van der Waals surface area contributed by atoms with Crippen LogP contribution in [0.15, 0.2) is 77.9 Å². The highest BCUT2D eigenvalue weighted by atomic mass is 35.5. The van der Waals surface area contributed by atoms with Crippen molar-refractivity contribution in [2.75, 3.05) is 13.1 Å². The molecule has 0 spiro atoms. The van der Waals surface area contributed by atoms with E-state index in [4.69, 9.17) is 25.7 Å². The minimum atomic E-state index is -0.405. The van der Waals surface area contributed by atoms with Crippen LogP contribution in [0.2, 0.25) is 5.02 Å². The summed E-state index contributed by atoms with van der Waals surface area (Å²) in [6, 6.07) is 13.8. The number of hydrogen-bond donors (Lipinski definition) is 0. The smallest absolute Gasteiger partial charge is 0.214 e. The Bertz CT molecular complexity index is 1750. The number of hydrogen-bond acceptors (Lipinski definition) is 7. The molecule has 6 rings (SSSR count). The Kier molecular flexibility index (Phi) is 7.63. The van der Waals surface area contributed by atoms with Gasteiger partial charge in [-0.1, -0.05) is 29.8 Å². The molecule has 1 aliphatic heterocycles. The summed E-state index contributed by atoms with van der Waals surface area (Å²) in [6.07, 6.45) is 8.42. The molecule has 0 fully saturated rings. The maximum absolute atomic E-state index is 14.1. The van der Waals surface area contributed by atoms with Gasteiger partial charge in [0, 0.05) is 54.5 Å².